The van der Waals surface area contributed by atoms with Crippen LogP contribution in [0.25, 0.3) is 11.3 Å². The summed E-state index contributed by atoms with van der Waals surface area (Å²) >= 11 is 1.60. The van der Waals surface area contributed by atoms with Gasteiger partial charge < -0.3 is 10.4 Å². The van der Waals surface area contributed by atoms with Gasteiger partial charge in [-0.05, 0) is 43.3 Å². The minimum atomic E-state index is -0.915. The Kier molecular flexibility index (Phi) is 5.72. The van der Waals surface area contributed by atoms with Gasteiger partial charge in [0.15, 0.2) is 0 Å². The SMILES string of the molecule is CCC(CC)(CC(=O)O)NC(=O)c1ccc(-c2ccsc2)nc1C. The lowest BCUT2D eigenvalue weighted by molar-refractivity contribution is -0.138. The van der Waals surface area contributed by atoms with E-state index in [1.54, 1.807) is 24.3 Å². The van der Waals surface area contributed by atoms with Crippen LogP contribution in [0, 0.1) is 6.92 Å². The highest BCUT2D eigenvalue weighted by molar-refractivity contribution is 7.08. The normalized spacial score (nSPS) is 11.3. The van der Waals surface area contributed by atoms with Crippen LogP contribution in [-0.4, -0.2) is 27.5 Å². The van der Waals surface area contributed by atoms with Crippen molar-refractivity contribution in [1.29, 1.82) is 0 Å². The number of carboxylic acids is 1. The lowest BCUT2D eigenvalue weighted by atomic mass is 9.88. The van der Waals surface area contributed by atoms with Crippen LogP contribution in [0.4, 0.5) is 0 Å². The molecule has 5 nitrogen and oxygen atoms in total. The van der Waals surface area contributed by atoms with E-state index in [1.807, 2.05) is 36.7 Å². The third kappa shape index (κ3) is 4.00. The zero-order valence-electron chi connectivity index (χ0n) is 14.1. The van der Waals surface area contributed by atoms with Gasteiger partial charge in [-0.1, -0.05) is 13.8 Å². The molecular weight excluding hydrogens is 324 g/mol. The number of aryl methyl sites for hydroxylation is 1. The van der Waals surface area contributed by atoms with Crippen molar-refractivity contribution in [3.05, 3.63) is 40.2 Å². The molecular formula is C18H22N2O3S. The first-order valence-electron chi connectivity index (χ1n) is 7.95. The van der Waals surface area contributed by atoms with E-state index in [0.717, 1.165) is 11.3 Å². The molecule has 24 heavy (non-hydrogen) atoms. The second kappa shape index (κ2) is 7.57. The Morgan fingerprint density at radius 2 is 1.96 bits per heavy atom. The molecule has 2 heterocycles. The minimum absolute atomic E-state index is 0.0921. The fraction of sp³-hybridized carbons (Fsp3) is 0.389. The Hall–Kier alpha value is -2.21. The van der Waals surface area contributed by atoms with E-state index < -0.39 is 11.5 Å². The molecule has 0 radical (unpaired) electrons. The number of nitrogens with zero attached hydrogens (tertiary/aromatic N) is 1. The van der Waals surface area contributed by atoms with Gasteiger partial charge in [-0.25, -0.2) is 0 Å². The van der Waals surface area contributed by atoms with Gasteiger partial charge in [0.1, 0.15) is 0 Å². The predicted molar refractivity (Wildman–Crippen MR) is 95.3 cm³/mol. The maximum Gasteiger partial charge on any atom is 0.305 e. The number of hydrogen-bond donors (Lipinski definition) is 2. The fourth-order valence-electron chi connectivity index (χ4n) is 2.69. The molecule has 0 fully saturated rings. The largest absolute Gasteiger partial charge is 0.481 e. The summed E-state index contributed by atoms with van der Waals surface area (Å²) in [7, 11) is 0. The molecule has 0 bridgehead atoms. The number of aliphatic carboxylic acids is 1. The summed E-state index contributed by atoms with van der Waals surface area (Å²) in [5, 5.41) is 16.0. The van der Waals surface area contributed by atoms with Crippen molar-refractivity contribution >= 4 is 23.2 Å². The van der Waals surface area contributed by atoms with Gasteiger partial charge in [-0.2, -0.15) is 11.3 Å². The Labute approximate surface area is 145 Å². The lowest BCUT2D eigenvalue weighted by Gasteiger charge is -2.31. The first-order valence-corrected chi connectivity index (χ1v) is 8.89. The number of pyridine rings is 1. The Bertz CT molecular complexity index is 722. The molecule has 1 amide bonds. The van der Waals surface area contributed by atoms with Crippen molar-refractivity contribution in [2.75, 3.05) is 0 Å². The van der Waals surface area contributed by atoms with Crippen LogP contribution < -0.4 is 5.32 Å². The average Bonchev–Trinajstić information content (AvgIpc) is 3.07. The van der Waals surface area contributed by atoms with Gasteiger partial charge in [0.25, 0.3) is 5.91 Å². The number of carbonyl (C=O) groups is 2. The van der Waals surface area contributed by atoms with E-state index in [1.165, 1.54) is 0 Å². The molecule has 0 unspecified atom stereocenters. The quantitative estimate of drug-likeness (QED) is 0.797. The molecule has 0 aliphatic heterocycles. The number of thiophene rings is 1. The van der Waals surface area contributed by atoms with Gasteiger partial charge >= 0.3 is 5.97 Å². The highest BCUT2D eigenvalue weighted by atomic mass is 32.1. The van der Waals surface area contributed by atoms with Crippen molar-refractivity contribution in [3.63, 3.8) is 0 Å². The molecule has 2 rings (SSSR count). The van der Waals surface area contributed by atoms with Crippen molar-refractivity contribution in [1.82, 2.24) is 10.3 Å². The van der Waals surface area contributed by atoms with Crippen LogP contribution >= 0.6 is 11.3 Å². The second-order valence-electron chi connectivity index (χ2n) is 5.85. The van der Waals surface area contributed by atoms with Crippen LogP contribution in [-0.2, 0) is 4.79 Å². The topological polar surface area (TPSA) is 79.3 Å². The molecule has 0 aliphatic carbocycles. The summed E-state index contributed by atoms with van der Waals surface area (Å²) in [6.07, 6.45) is 1.02. The monoisotopic (exact) mass is 346 g/mol. The zero-order chi connectivity index (χ0) is 17.7. The second-order valence-corrected chi connectivity index (χ2v) is 6.63. The highest BCUT2D eigenvalue weighted by Gasteiger charge is 2.31. The molecule has 0 atom stereocenters. The van der Waals surface area contributed by atoms with Gasteiger partial charge in [0, 0.05) is 10.9 Å². The zero-order valence-corrected chi connectivity index (χ0v) is 14.9. The maximum atomic E-state index is 12.6. The Morgan fingerprint density at radius 1 is 1.25 bits per heavy atom. The van der Waals surface area contributed by atoms with Gasteiger partial charge in [-0.15, -0.1) is 0 Å². The van der Waals surface area contributed by atoms with Crippen molar-refractivity contribution in [3.8, 4) is 11.3 Å². The van der Waals surface area contributed by atoms with Crippen LogP contribution in [0.3, 0.4) is 0 Å². The van der Waals surface area contributed by atoms with Crippen LogP contribution in [0.1, 0.15) is 49.2 Å². The highest BCUT2D eigenvalue weighted by Crippen LogP contribution is 2.23. The first-order chi connectivity index (χ1) is 11.4. The standard InChI is InChI=1S/C18H22N2O3S/c1-4-18(5-2,10-16(21)22)20-17(23)14-6-7-15(19-12(14)3)13-8-9-24-11-13/h6-9,11H,4-5,10H2,1-3H3,(H,20,23)(H,21,22). The van der Waals surface area contributed by atoms with E-state index in [9.17, 15) is 9.59 Å². The third-order valence-corrected chi connectivity index (χ3v) is 5.05. The number of carbonyl (C=O) groups excluding carboxylic acids is 1. The third-order valence-electron chi connectivity index (χ3n) is 4.37. The predicted octanol–water partition coefficient (Wildman–Crippen LogP) is 3.88. The van der Waals surface area contributed by atoms with Crippen LogP contribution in [0.2, 0.25) is 0 Å². The number of carboxylic acid groups (broad SMARTS) is 1. The molecule has 0 aromatic carbocycles. The summed E-state index contributed by atoms with van der Waals surface area (Å²) in [4.78, 5) is 28.3. The Morgan fingerprint density at radius 3 is 2.46 bits per heavy atom. The molecule has 0 saturated heterocycles. The van der Waals surface area contributed by atoms with Gasteiger partial charge in [-0.3, -0.25) is 14.6 Å². The fourth-order valence-corrected chi connectivity index (χ4v) is 3.34. The number of hydrogen-bond acceptors (Lipinski definition) is 4. The molecule has 0 saturated carbocycles. The van der Waals surface area contributed by atoms with Crippen molar-refractivity contribution in [2.24, 2.45) is 0 Å². The molecule has 2 aromatic heterocycles. The van der Waals surface area contributed by atoms with E-state index >= 15 is 0 Å². The molecule has 2 aromatic rings. The van der Waals surface area contributed by atoms with Crippen LogP contribution in [0.15, 0.2) is 29.0 Å². The molecule has 2 N–H and O–H groups in total. The minimum Gasteiger partial charge on any atom is -0.481 e. The number of rotatable bonds is 7. The Balaban J connectivity index is 2.24. The summed E-state index contributed by atoms with van der Waals surface area (Å²) in [6, 6.07) is 5.56. The molecule has 0 aliphatic rings. The molecule has 6 heteroatoms. The van der Waals surface area contributed by atoms with Crippen molar-refractivity contribution in [2.45, 2.75) is 45.6 Å². The smallest absolute Gasteiger partial charge is 0.305 e. The summed E-state index contributed by atoms with van der Waals surface area (Å²) in [5.74, 6) is -1.19. The number of aromatic nitrogens is 1. The van der Waals surface area contributed by atoms with Gasteiger partial charge in [0.05, 0.1) is 28.9 Å². The van der Waals surface area contributed by atoms with Crippen molar-refractivity contribution < 1.29 is 14.7 Å². The molecule has 0 spiro atoms. The first kappa shape index (κ1) is 18.1. The average molecular weight is 346 g/mol. The van der Waals surface area contributed by atoms with E-state index in [2.05, 4.69) is 10.3 Å². The van der Waals surface area contributed by atoms with E-state index in [4.69, 9.17) is 5.11 Å². The van der Waals surface area contributed by atoms with E-state index in [0.29, 0.717) is 24.1 Å². The summed E-state index contributed by atoms with van der Waals surface area (Å²) in [5.41, 5.74) is 2.23. The number of amides is 1. The summed E-state index contributed by atoms with van der Waals surface area (Å²) < 4.78 is 0. The van der Waals surface area contributed by atoms with Crippen LogP contribution in [0.5, 0.6) is 0 Å². The maximum absolute atomic E-state index is 12.6. The van der Waals surface area contributed by atoms with E-state index in [-0.39, 0.29) is 12.3 Å². The number of nitrogens with one attached hydrogen (secondary N) is 1. The van der Waals surface area contributed by atoms with Gasteiger partial charge in [0.2, 0.25) is 0 Å². The lowest BCUT2D eigenvalue weighted by Crippen LogP contribution is -2.49. The summed E-state index contributed by atoms with van der Waals surface area (Å²) in [6.45, 7) is 5.57. The molecule has 128 valence electrons.